The van der Waals surface area contributed by atoms with Crippen molar-refractivity contribution in [1.29, 1.82) is 0 Å². The lowest BCUT2D eigenvalue weighted by atomic mass is 10.2. The lowest BCUT2D eigenvalue weighted by Crippen LogP contribution is -2.38. The van der Waals surface area contributed by atoms with Crippen molar-refractivity contribution in [2.45, 2.75) is 19.4 Å². The van der Waals surface area contributed by atoms with E-state index in [1.54, 1.807) is 13.2 Å². The number of carbonyl (C=O) groups excluding carboxylic acids is 2. The Hall–Kier alpha value is -2.38. The SMILES string of the molecule is COc1ccc(Cl)cc1N1CCC(NC(=O)CSCC(=O)Nc2cccc(C)c2)C1. The number of benzene rings is 2. The molecule has 1 unspecified atom stereocenters. The summed E-state index contributed by atoms with van der Waals surface area (Å²) >= 11 is 7.43. The summed E-state index contributed by atoms with van der Waals surface area (Å²) in [7, 11) is 1.63. The van der Waals surface area contributed by atoms with Gasteiger partial charge in [-0.25, -0.2) is 0 Å². The minimum Gasteiger partial charge on any atom is -0.495 e. The van der Waals surface area contributed by atoms with E-state index in [9.17, 15) is 9.59 Å². The molecule has 0 bridgehead atoms. The first-order valence-electron chi connectivity index (χ1n) is 9.76. The fraction of sp³-hybridized carbons (Fsp3) is 0.364. The number of aryl methyl sites for hydroxylation is 1. The van der Waals surface area contributed by atoms with Gasteiger partial charge in [-0.3, -0.25) is 9.59 Å². The molecular weight excluding hydrogens is 422 g/mol. The van der Waals surface area contributed by atoms with Crippen LogP contribution in [0.2, 0.25) is 5.02 Å². The highest BCUT2D eigenvalue weighted by Gasteiger charge is 2.26. The summed E-state index contributed by atoms with van der Waals surface area (Å²) in [5.41, 5.74) is 2.79. The van der Waals surface area contributed by atoms with Gasteiger partial charge >= 0.3 is 0 Å². The Morgan fingerprint density at radius 1 is 1.20 bits per heavy atom. The molecular formula is C22H26ClN3O3S. The number of hydrogen-bond donors (Lipinski definition) is 2. The summed E-state index contributed by atoms with van der Waals surface area (Å²) in [5, 5.41) is 6.55. The van der Waals surface area contributed by atoms with Crippen LogP contribution in [0.5, 0.6) is 5.75 Å². The topological polar surface area (TPSA) is 70.7 Å². The van der Waals surface area contributed by atoms with E-state index in [-0.39, 0.29) is 29.4 Å². The van der Waals surface area contributed by atoms with E-state index in [1.807, 2.05) is 43.3 Å². The van der Waals surface area contributed by atoms with Crippen molar-refractivity contribution < 1.29 is 14.3 Å². The smallest absolute Gasteiger partial charge is 0.234 e. The number of hydrogen-bond acceptors (Lipinski definition) is 5. The summed E-state index contributed by atoms with van der Waals surface area (Å²) < 4.78 is 5.42. The summed E-state index contributed by atoms with van der Waals surface area (Å²) in [5.74, 6) is 1.07. The first kappa shape index (κ1) is 22.3. The minimum atomic E-state index is -0.113. The van der Waals surface area contributed by atoms with Gasteiger partial charge < -0.3 is 20.3 Å². The molecule has 1 fully saturated rings. The van der Waals surface area contributed by atoms with Crippen LogP contribution in [0.3, 0.4) is 0 Å². The van der Waals surface area contributed by atoms with Gasteiger partial charge in [-0.2, -0.15) is 0 Å². The summed E-state index contributed by atoms with van der Waals surface area (Å²) in [6.45, 7) is 3.48. The van der Waals surface area contributed by atoms with Crippen LogP contribution in [0.4, 0.5) is 11.4 Å². The minimum absolute atomic E-state index is 0.0582. The van der Waals surface area contributed by atoms with Crippen molar-refractivity contribution in [2.24, 2.45) is 0 Å². The number of methoxy groups -OCH3 is 1. The molecule has 0 aliphatic carbocycles. The third kappa shape index (κ3) is 6.31. The van der Waals surface area contributed by atoms with Crippen LogP contribution < -0.4 is 20.3 Å². The molecule has 2 N–H and O–H groups in total. The highest BCUT2D eigenvalue weighted by atomic mass is 35.5. The summed E-state index contributed by atoms with van der Waals surface area (Å²) in [6.07, 6.45) is 0.847. The summed E-state index contributed by atoms with van der Waals surface area (Å²) in [6, 6.07) is 13.2. The molecule has 0 spiro atoms. The maximum absolute atomic E-state index is 12.3. The summed E-state index contributed by atoms with van der Waals surface area (Å²) in [4.78, 5) is 26.5. The largest absolute Gasteiger partial charge is 0.495 e. The number of thioether (sulfide) groups is 1. The first-order chi connectivity index (χ1) is 14.4. The van der Waals surface area contributed by atoms with E-state index < -0.39 is 0 Å². The Morgan fingerprint density at radius 2 is 2.00 bits per heavy atom. The second kappa shape index (κ2) is 10.6. The molecule has 1 aliphatic rings. The van der Waals surface area contributed by atoms with Gasteiger partial charge in [-0.15, -0.1) is 11.8 Å². The number of carbonyl (C=O) groups is 2. The van der Waals surface area contributed by atoms with Gasteiger partial charge in [0.25, 0.3) is 0 Å². The molecule has 30 heavy (non-hydrogen) atoms. The van der Waals surface area contributed by atoms with Crippen molar-refractivity contribution in [3.63, 3.8) is 0 Å². The van der Waals surface area contributed by atoms with Crippen LogP contribution >= 0.6 is 23.4 Å². The molecule has 1 heterocycles. The zero-order valence-electron chi connectivity index (χ0n) is 17.1. The average Bonchev–Trinajstić information content (AvgIpc) is 3.16. The van der Waals surface area contributed by atoms with E-state index in [4.69, 9.17) is 16.3 Å². The molecule has 0 saturated carbocycles. The van der Waals surface area contributed by atoms with E-state index in [0.29, 0.717) is 11.6 Å². The van der Waals surface area contributed by atoms with E-state index in [1.165, 1.54) is 11.8 Å². The van der Waals surface area contributed by atoms with Gasteiger partial charge in [-0.05, 0) is 49.2 Å². The quantitative estimate of drug-likeness (QED) is 0.645. The van der Waals surface area contributed by atoms with Crippen LogP contribution in [0, 0.1) is 6.92 Å². The zero-order valence-corrected chi connectivity index (χ0v) is 18.7. The number of anilines is 2. The highest BCUT2D eigenvalue weighted by molar-refractivity contribution is 8.00. The molecule has 2 amide bonds. The van der Waals surface area contributed by atoms with Crippen LogP contribution in [0.1, 0.15) is 12.0 Å². The van der Waals surface area contributed by atoms with Crippen molar-refractivity contribution in [2.75, 3.05) is 41.9 Å². The van der Waals surface area contributed by atoms with Gasteiger partial charge in [0.15, 0.2) is 0 Å². The molecule has 1 saturated heterocycles. The Labute approximate surface area is 186 Å². The van der Waals surface area contributed by atoms with Crippen LogP contribution in [-0.2, 0) is 9.59 Å². The molecule has 8 heteroatoms. The maximum Gasteiger partial charge on any atom is 0.234 e. The van der Waals surface area contributed by atoms with E-state index >= 15 is 0 Å². The zero-order chi connectivity index (χ0) is 21.5. The second-order valence-corrected chi connectivity index (χ2v) is 8.65. The second-order valence-electron chi connectivity index (χ2n) is 7.23. The lowest BCUT2D eigenvalue weighted by molar-refractivity contribution is -0.119. The fourth-order valence-corrected chi connectivity index (χ4v) is 4.23. The van der Waals surface area contributed by atoms with Gasteiger partial charge in [0, 0.05) is 29.8 Å². The average molecular weight is 448 g/mol. The fourth-order valence-electron chi connectivity index (χ4n) is 3.43. The molecule has 0 aromatic heterocycles. The van der Waals surface area contributed by atoms with E-state index in [2.05, 4.69) is 15.5 Å². The molecule has 3 rings (SSSR count). The standard InChI is InChI=1S/C22H26ClN3O3S/c1-15-4-3-5-17(10-15)24-21(27)13-30-14-22(28)25-18-8-9-26(12-18)19-11-16(23)6-7-20(19)29-2/h3-7,10-11,18H,8-9,12-14H2,1-2H3,(H,24,27)(H,25,28). The van der Waals surface area contributed by atoms with Gasteiger partial charge in [0.1, 0.15) is 5.75 Å². The molecule has 1 atom stereocenters. The van der Waals surface area contributed by atoms with Crippen LogP contribution in [0.25, 0.3) is 0 Å². The van der Waals surface area contributed by atoms with Gasteiger partial charge in [0.05, 0.1) is 24.3 Å². The normalized spacial score (nSPS) is 15.7. The van der Waals surface area contributed by atoms with Crippen molar-refractivity contribution >= 4 is 46.6 Å². The lowest BCUT2D eigenvalue weighted by Gasteiger charge is -2.21. The molecule has 2 aromatic rings. The predicted octanol–water partition coefficient (Wildman–Crippen LogP) is 3.72. The van der Waals surface area contributed by atoms with Crippen molar-refractivity contribution in [3.05, 3.63) is 53.1 Å². The Bertz CT molecular complexity index is 909. The number of amides is 2. The number of nitrogens with zero attached hydrogens (tertiary/aromatic N) is 1. The molecule has 0 radical (unpaired) electrons. The molecule has 2 aromatic carbocycles. The third-order valence-electron chi connectivity index (χ3n) is 4.80. The van der Waals surface area contributed by atoms with Crippen LogP contribution in [-0.4, -0.2) is 49.6 Å². The Kier molecular flexibility index (Phi) is 7.87. The first-order valence-corrected chi connectivity index (χ1v) is 11.3. The van der Waals surface area contributed by atoms with Gasteiger partial charge in [0.2, 0.25) is 11.8 Å². The number of halogens is 1. The van der Waals surface area contributed by atoms with Crippen molar-refractivity contribution in [1.82, 2.24) is 5.32 Å². The van der Waals surface area contributed by atoms with Crippen molar-refractivity contribution in [3.8, 4) is 5.75 Å². The highest BCUT2D eigenvalue weighted by Crippen LogP contribution is 2.33. The third-order valence-corrected chi connectivity index (χ3v) is 5.97. The monoisotopic (exact) mass is 447 g/mol. The number of nitrogens with one attached hydrogen (secondary N) is 2. The van der Waals surface area contributed by atoms with Crippen LogP contribution in [0.15, 0.2) is 42.5 Å². The molecule has 160 valence electrons. The van der Waals surface area contributed by atoms with Gasteiger partial charge in [-0.1, -0.05) is 23.7 Å². The molecule has 1 aliphatic heterocycles. The Balaban J connectivity index is 1.40. The Morgan fingerprint density at radius 3 is 2.77 bits per heavy atom. The number of ether oxygens (including phenoxy) is 1. The maximum atomic E-state index is 12.3. The number of rotatable bonds is 8. The molecule has 6 nitrogen and oxygen atoms in total. The van der Waals surface area contributed by atoms with E-state index in [0.717, 1.165) is 35.7 Å². The predicted molar refractivity (Wildman–Crippen MR) is 124 cm³/mol.